The third kappa shape index (κ3) is 3.30. The fraction of sp³-hybridized carbons (Fsp3) is 0.182. The molecule has 1 aromatic rings. The van der Waals surface area contributed by atoms with Crippen molar-refractivity contribution < 1.29 is 24.2 Å². The molecule has 0 aliphatic rings. The summed E-state index contributed by atoms with van der Waals surface area (Å²) in [5.74, 6) is -2.67. The highest BCUT2D eigenvalue weighted by atomic mass is 16.5. The number of carbonyl (C=O) groups is 3. The van der Waals surface area contributed by atoms with Crippen LogP contribution in [0, 0.1) is 0 Å². The molecule has 6 heteroatoms. The number of hydrogen-bond donors (Lipinski definition) is 2. The normalized spacial score (nSPS) is 9.47. The summed E-state index contributed by atoms with van der Waals surface area (Å²) < 4.78 is 4.63. The Labute approximate surface area is 97.2 Å². The average Bonchev–Trinajstić information content (AvgIpc) is 2.29. The predicted molar refractivity (Wildman–Crippen MR) is 59.1 cm³/mol. The molecule has 0 radical (unpaired) electrons. The molecule has 0 saturated carbocycles. The van der Waals surface area contributed by atoms with Crippen molar-refractivity contribution in [2.45, 2.75) is 6.92 Å². The molecule has 0 heterocycles. The van der Waals surface area contributed by atoms with Crippen LogP contribution in [-0.4, -0.2) is 29.6 Å². The fourth-order valence-electron chi connectivity index (χ4n) is 1.18. The second-order valence-electron chi connectivity index (χ2n) is 3.03. The first kappa shape index (κ1) is 12.7. The maximum atomic E-state index is 11.3. The third-order valence-corrected chi connectivity index (χ3v) is 1.88. The van der Waals surface area contributed by atoms with Crippen molar-refractivity contribution in [3.63, 3.8) is 0 Å². The smallest absolute Gasteiger partial charge is 0.411 e. The van der Waals surface area contributed by atoms with Crippen molar-refractivity contribution >= 4 is 23.5 Å². The zero-order valence-electron chi connectivity index (χ0n) is 9.10. The number of amides is 1. The first-order valence-corrected chi connectivity index (χ1v) is 4.86. The molecular weight excluding hydrogens is 226 g/mol. The van der Waals surface area contributed by atoms with E-state index in [1.165, 1.54) is 18.2 Å². The van der Waals surface area contributed by atoms with Gasteiger partial charge in [-0.15, -0.1) is 0 Å². The number of hydrogen-bond acceptors (Lipinski definition) is 4. The lowest BCUT2D eigenvalue weighted by Crippen LogP contribution is -2.19. The number of anilines is 1. The van der Waals surface area contributed by atoms with E-state index in [1.807, 2.05) is 0 Å². The monoisotopic (exact) mass is 237 g/mol. The van der Waals surface area contributed by atoms with Crippen LogP contribution in [0.3, 0.4) is 0 Å². The number of ether oxygens (including phenoxy) is 1. The van der Waals surface area contributed by atoms with Crippen LogP contribution in [0.2, 0.25) is 0 Å². The minimum absolute atomic E-state index is 0.0898. The largest absolute Gasteiger partial charge is 0.475 e. The van der Waals surface area contributed by atoms with Gasteiger partial charge >= 0.3 is 12.1 Å². The van der Waals surface area contributed by atoms with E-state index in [2.05, 4.69) is 10.1 Å². The lowest BCUT2D eigenvalue weighted by atomic mass is 10.1. The fourth-order valence-corrected chi connectivity index (χ4v) is 1.18. The van der Waals surface area contributed by atoms with Gasteiger partial charge in [-0.3, -0.25) is 10.1 Å². The summed E-state index contributed by atoms with van der Waals surface area (Å²) in [5, 5.41) is 10.9. The van der Waals surface area contributed by atoms with E-state index in [1.54, 1.807) is 13.0 Å². The summed E-state index contributed by atoms with van der Waals surface area (Å²) >= 11 is 0. The number of aliphatic carboxylic acids is 1. The molecule has 0 aliphatic heterocycles. The van der Waals surface area contributed by atoms with E-state index < -0.39 is 17.8 Å². The van der Waals surface area contributed by atoms with Gasteiger partial charge in [-0.05, 0) is 19.1 Å². The third-order valence-electron chi connectivity index (χ3n) is 1.88. The number of carboxylic acid groups (broad SMARTS) is 1. The van der Waals surface area contributed by atoms with Crippen LogP contribution in [0.25, 0.3) is 0 Å². The second-order valence-corrected chi connectivity index (χ2v) is 3.03. The first-order chi connectivity index (χ1) is 8.06. The van der Waals surface area contributed by atoms with E-state index in [4.69, 9.17) is 5.11 Å². The van der Waals surface area contributed by atoms with Crippen LogP contribution in [0.1, 0.15) is 17.3 Å². The minimum Gasteiger partial charge on any atom is -0.475 e. The van der Waals surface area contributed by atoms with Crippen molar-refractivity contribution in [3.05, 3.63) is 29.8 Å². The van der Waals surface area contributed by atoms with Gasteiger partial charge in [-0.2, -0.15) is 0 Å². The van der Waals surface area contributed by atoms with Crippen LogP contribution >= 0.6 is 0 Å². The quantitative estimate of drug-likeness (QED) is 0.611. The van der Waals surface area contributed by atoms with Gasteiger partial charge in [0.25, 0.3) is 5.78 Å². The Morgan fingerprint density at radius 1 is 1.29 bits per heavy atom. The van der Waals surface area contributed by atoms with E-state index in [0.717, 1.165) is 0 Å². The number of para-hydroxylation sites is 1. The molecule has 0 fully saturated rings. The molecule has 1 aromatic carbocycles. The number of ketones is 1. The van der Waals surface area contributed by atoms with Gasteiger partial charge in [0.15, 0.2) is 0 Å². The number of benzene rings is 1. The Kier molecular flexibility index (Phi) is 4.21. The molecule has 6 nitrogen and oxygen atoms in total. The van der Waals surface area contributed by atoms with Gasteiger partial charge in [0.05, 0.1) is 17.9 Å². The Balaban J connectivity index is 2.96. The highest BCUT2D eigenvalue weighted by Crippen LogP contribution is 2.16. The summed E-state index contributed by atoms with van der Waals surface area (Å²) in [4.78, 5) is 33.0. The van der Waals surface area contributed by atoms with E-state index in [-0.39, 0.29) is 17.9 Å². The summed E-state index contributed by atoms with van der Waals surface area (Å²) in [6.07, 6.45) is -0.738. The van der Waals surface area contributed by atoms with Crippen LogP contribution in [0.15, 0.2) is 24.3 Å². The topological polar surface area (TPSA) is 92.7 Å². The highest BCUT2D eigenvalue weighted by molar-refractivity contribution is 6.41. The van der Waals surface area contributed by atoms with Crippen molar-refractivity contribution in [1.29, 1.82) is 0 Å². The number of rotatable bonds is 4. The number of Topliss-reactive ketones (excluding diaryl/α,β-unsaturated/α-hetero) is 1. The maximum absolute atomic E-state index is 11.3. The summed E-state index contributed by atoms with van der Waals surface area (Å²) in [5.41, 5.74) is 0.0198. The Morgan fingerprint density at radius 2 is 1.94 bits per heavy atom. The van der Waals surface area contributed by atoms with Crippen molar-refractivity contribution in [2.75, 3.05) is 11.9 Å². The van der Waals surface area contributed by atoms with Crippen LogP contribution in [-0.2, 0) is 9.53 Å². The SMILES string of the molecule is CCOC(=O)Nc1ccccc1C(=O)C(=O)O. The molecule has 1 amide bonds. The Morgan fingerprint density at radius 3 is 2.53 bits per heavy atom. The molecule has 17 heavy (non-hydrogen) atoms. The van der Waals surface area contributed by atoms with Crippen molar-refractivity contribution in [1.82, 2.24) is 0 Å². The lowest BCUT2D eigenvalue weighted by Gasteiger charge is -2.08. The van der Waals surface area contributed by atoms with E-state index >= 15 is 0 Å². The molecule has 0 bridgehead atoms. The molecule has 0 unspecified atom stereocenters. The van der Waals surface area contributed by atoms with Gasteiger partial charge in [0.2, 0.25) is 0 Å². The number of carbonyl (C=O) groups excluding carboxylic acids is 2. The predicted octanol–water partition coefficient (Wildman–Crippen LogP) is 1.52. The Hall–Kier alpha value is -2.37. The van der Waals surface area contributed by atoms with Crippen molar-refractivity contribution in [2.24, 2.45) is 0 Å². The number of nitrogens with one attached hydrogen (secondary N) is 1. The zero-order chi connectivity index (χ0) is 12.8. The molecule has 1 rings (SSSR count). The van der Waals surface area contributed by atoms with Crippen LogP contribution < -0.4 is 5.32 Å². The molecule has 0 saturated heterocycles. The molecule has 0 aromatic heterocycles. The van der Waals surface area contributed by atoms with Gasteiger partial charge in [-0.25, -0.2) is 9.59 Å². The average molecular weight is 237 g/mol. The molecule has 0 spiro atoms. The lowest BCUT2D eigenvalue weighted by molar-refractivity contribution is -0.131. The van der Waals surface area contributed by atoms with Crippen LogP contribution in [0.4, 0.5) is 10.5 Å². The summed E-state index contributed by atoms with van der Waals surface area (Å²) in [6, 6.07) is 5.82. The molecule has 2 N–H and O–H groups in total. The van der Waals surface area contributed by atoms with Gasteiger partial charge in [-0.1, -0.05) is 12.1 Å². The molecule has 90 valence electrons. The summed E-state index contributed by atoms with van der Waals surface area (Å²) in [6.45, 7) is 1.81. The zero-order valence-corrected chi connectivity index (χ0v) is 9.10. The van der Waals surface area contributed by atoms with Crippen LogP contribution in [0.5, 0.6) is 0 Å². The van der Waals surface area contributed by atoms with Gasteiger partial charge in [0, 0.05) is 0 Å². The van der Waals surface area contributed by atoms with Gasteiger partial charge < -0.3 is 9.84 Å². The van der Waals surface area contributed by atoms with E-state index in [9.17, 15) is 14.4 Å². The summed E-state index contributed by atoms with van der Waals surface area (Å²) in [7, 11) is 0. The minimum atomic E-state index is -1.58. The standard InChI is InChI=1S/C11H11NO5/c1-2-17-11(16)12-8-6-4-3-5-7(8)9(13)10(14)15/h3-6H,2H2,1H3,(H,12,16)(H,14,15). The Bertz CT molecular complexity index is 455. The van der Waals surface area contributed by atoms with Crippen molar-refractivity contribution in [3.8, 4) is 0 Å². The second kappa shape index (κ2) is 5.64. The molecule has 0 aliphatic carbocycles. The first-order valence-electron chi connectivity index (χ1n) is 4.86. The van der Waals surface area contributed by atoms with Gasteiger partial charge in [0.1, 0.15) is 0 Å². The molecular formula is C11H11NO5. The maximum Gasteiger partial charge on any atom is 0.411 e. The number of carboxylic acids is 1. The molecule has 0 atom stereocenters. The van der Waals surface area contributed by atoms with E-state index in [0.29, 0.717) is 0 Å². The highest BCUT2D eigenvalue weighted by Gasteiger charge is 2.19.